The third-order valence-electron chi connectivity index (χ3n) is 3.37. The van der Waals surface area contributed by atoms with E-state index in [2.05, 4.69) is 10.2 Å². The summed E-state index contributed by atoms with van der Waals surface area (Å²) < 4.78 is 39.5. The summed E-state index contributed by atoms with van der Waals surface area (Å²) in [5.74, 6) is -3.62. The van der Waals surface area contributed by atoms with Crippen molar-refractivity contribution in [2.75, 3.05) is 26.2 Å². The van der Waals surface area contributed by atoms with Crippen molar-refractivity contribution in [1.29, 1.82) is 0 Å². The minimum atomic E-state index is -1.39. The predicted molar refractivity (Wildman–Crippen MR) is 71.0 cm³/mol. The molecule has 1 saturated heterocycles. The molecule has 0 unspecified atom stereocenters. The average molecular weight is 295 g/mol. The van der Waals surface area contributed by atoms with E-state index in [1.165, 1.54) is 0 Å². The highest BCUT2D eigenvalue weighted by molar-refractivity contribution is 5.85. The summed E-state index contributed by atoms with van der Waals surface area (Å²) in [7, 11) is 0. The van der Waals surface area contributed by atoms with Gasteiger partial charge in [-0.05, 0) is 24.1 Å². The number of hydrogen-bond donors (Lipinski definition) is 1. The van der Waals surface area contributed by atoms with E-state index >= 15 is 0 Å². The maximum Gasteiger partial charge on any atom is 0.194 e. The van der Waals surface area contributed by atoms with Crippen molar-refractivity contribution >= 4 is 12.4 Å². The molecule has 108 valence electrons. The fraction of sp³-hybridized carbons (Fsp3) is 0.538. The van der Waals surface area contributed by atoms with Crippen LogP contribution in [0, 0.1) is 17.5 Å². The van der Waals surface area contributed by atoms with Crippen LogP contribution in [0.25, 0.3) is 0 Å². The molecule has 0 bridgehead atoms. The second-order valence-corrected chi connectivity index (χ2v) is 4.51. The number of piperazine rings is 1. The normalized spacial score (nSPS) is 17.9. The summed E-state index contributed by atoms with van der Waals surface area (Å²) in [5, 5.41) is 3.23. The zero-order valence-corrected chi connectivity index (χ0v) is 11.6. The Balaban J connectivity index is 0.00000180. The molecule has 1 N–H and O–H groups in total. The lowest BCUT2D eigenvalue weighted by atomic mass is 10.0. The Bertz CT molecular complexity index is 399. The second kappa shape index (κ2) is 7.12. The zero-order chi connectivity index (χ0) is 13.1. The summed E-state index contributed by atoms with van der Waals surface area (Å²) in [4.78, 5) is 2.17. The van der Waals surface area contributed by atoms with Gasteiger partial charge in [-0.2, -0.15) is 0 Å². The van der Waals surface area contributed by atoms with Crippen LogP contribution < -0.4 is 5.32 Å². The monoisotopic (exact) mass is 294 g/mol. The molecule has 0 radical (unpaired) electrons. The van der Waals surface area contributed by atoms with Gasteiger partial charge < -0.3 is 5.32 Å². The molecule has 2 rings (SSSR count). The van der Waals surface area contributed by atoms with Gasteiger partial charge in [0.25, 0.3) is 0 Å². The Hall–Kier alpha value is -0.780. The van der Waals surface area contributed by atoms with E-state index in [0.717, 1.165) is 44.7 Å². The molecule has 1 aromatic rings. The van der Waals surface area contributed by atoms with E-state index in [0.29, 0.717) is 5.56 Å². The first-order valence-electron chi connectivity index (χ1n) is 6.22. The smallest absolute Gasteiger partial charge is 0.194 e. The molecule has 1 heterocycles. The van der Waals surface area contributed by atoms with Gasteiger partial charge >= 0.3 is 0 Å². The molecule has 6 heteroatoms. The number of nitrogens with zero attached hydrogens (tertiary/aromatic N) is 1. The van der Waals surface area contributed by atoms with Gasteiger partial charge in [0.05, 0.1) is 0 Å². The van der Waals surface area contributed by atoms with Gasteiger partial charge in [0.1, 0.15) is 0 Å². The van der Waals surface area contributed by atoms with Crippen LogP contribution in [0.5, 0.6) is 0 Å². The molecule has 0 aliphatic carbocycles. The summed E-state index contributed by atoms with van der Waals surface area (Å²) in [6.45, 7) is 5.36. The molecule has 0 aromatic heterocycles. The summed E-state index contributed by atoms with van der Waals surface area (Å²) in [6, 6.07) is 2.15. The van der Waals surface area contributed by atoms with E-state index in [4.69, 9.17) is 0 Å². The first kappa shape index (κ1) is 16.3. The van der Waals surface area contributed by atoms with E-state index in [-0.39, 0.29) is 18.4 Å². The Kier molecular flexibility index (Phi) is 6.10. The van der Waals surface area contributed by atoms with Crippen molar-refractivity contribution < 1.29 is 13.2 Å². The van der Waals surface area contributed by atoms with Crippen LogP contribution in [0.15, 0.2) is 12.1 Å². The van der Waals surface area contributed by atoms with Gasteiger partial charge in [-0.15, -0.1) is 12.4 Å². The molecule has 1 aliphatic heterocycles. The van der Waals surface area contributed by atoms with Crippen LogP contribution in [-0.2, 0) is 0 Å². The van der Waals surface area contributed by atoms with E-state index in [9.17, 15) is 13.2 Å². The average Bonchev–Trinajstić information content (AvgIpc) is 2.38. The largest absolute Gasteiger partial charge is 0.314 e. The number of halogens is 4. The molecule has 0 spiro atoms. The minimum absolute atomic E-state index is 0. The van der Waals surface area contributed by atoms with E-state index in [1.54, 1.807) is 0 Å². The van der Waals surface area contributed by atoms with Gasteiger partial charge in [0.15, 0.2) is 17.5 Å². The molecular weight excluding hydrogens is 277 g/mol. The van der Waals surface area contributed by atoms with Crippen LogP contribution in [-0.4, -0.2) is 31.1 Å². The molecular formula is C13H18ClF3N2. The van der Waals surface area contributed by atoms with Crippen molar-refractivity contribution in [1.82, 2.24) is 10.2 Å². The minimum Gasteiger partial charge on any atom is -0.314 e. The highest BCUT2D eigenvalue weighted by Crippen LogP contribution is 2.27. The maximum atomic E-state index is 13.3. The number of nitrogens with one attached hydrogen (secondary N) is 1. The fourth-order valence-electron chi connectivity index (χ4n) is 2.47. The van der Waals surface area contributed by atoms with Crippen LogP contribution in [0.2, 0.25) is 0 Å². The summed E-state index contributed by atoms with van der Waals surface area (Å²) in [5.41, 5.74) is 0.510. The second-order valence-electron chi connectivity index (χ2n) is 4.51. The molecule has 0 saturated carbocycles. The maximum absolute atomic E-state index is 13.3. The molecule has 2 nitrogen and oxygen atoms in total. The van der Waals surface area contributed by atoms with Crippen molar-refractivity contribution in [2.45, 2.75) is 19.4 Å². The van der Waals surface area contributed by atoms with Crippen molar-refractivity contribution in [3.63, 3.8) is 0 Å². The number of rotatable bonds is 3. The van der Waals surface area contributed by atoms with E-state index in [1.807, 2.05) is 6.92 Å². The Labute approximate surface area is 117 Å². The van der Waals surface area contributed by atoms with Gasteiger partial charge in [0.2, 0.25) is 0 Å². The molecule has 1 fully saturated rings. The summed E-state index contributed by atoms with van der Waals surface area (Å²) in [6.07, 6.45) is 0.741. The Morgan fingerprint density at radius 3 is 2.16 bits per heavy atom. The Morgan fingerprint density at radius 1 is 1.16 bits per heavy atom. The van der Waals surface area contributed by atoms with Crippen LogP contribution in [0.4, 0.5) is 13.2 Å². The van der Waals surface area contributed by atoms with Crippen molar-refractivity contribution in [2.24, 2.45) is 0 Å². The number of hydrogen-bond acceptors (Lipinski definition) is 2. The highest BCUT2D eigenvalue weighted by atomic mass is 35.5. The highest BCUT2D eigenvalue weighted by Gasteiger charge is 2.23. The zero-order valence-electron chi connectivity index (χ0n) is 10.8. The lowest BCUT2D eigenvalue weighted by molar-refractivity contribution is 0.168. The van der Waals surface area contributed by atoms with Crippen LogP contribution in [0.3, 0.4) is 0 Å². The molecule has 1 aromatic carbocycles. The van der Waals surface area contributed by atoms with Crippen LogP contribution in [0.1, 0.15) is 24.9 Å². The van der Waals surface area contributed by atoms with Gasteiger partial charge in [-0.3, -0.25) is 4.90 Å². The molecule has 0 amide bonds. The molecule has 1 atom stereocenters. The molecule has 19 heavy (non-hydrogen) atoms. The first-order chi connectivity index (χ1) is 8.63. The number of benzene rings is 1. The molecule has 1 aliphatic rings. The topological polar surface area (TPSA) is 15.3 Å². The Morgan fingerprint density at radius 2 is 1.68 bits per heavy atom. The standard InChI is InChI=1S/C13H17F3N2.ClH/c1-2-12(18-5-3-17-4-6-18)9-7-10(14)13(16)11(15)8-9;/h7-8,12,17H,2-6H2,1H3;1H/t12-;/m0./s1. The SMILES string of the molecule is CC[C@@H](c1cc(F)c(F)c(F)c1)N1CCNCC1.Cl. The third kappa shape index (κ3) is 3.61. The lowest BCUT2D eigenvalue weighted by Gasteiger charge is -2.34. The van der Waals surface area contributed by atoms with E-state index < -0.39 is 17.5 Å². The quantitative estimate of drug-likeness (QED) is 0.863. The van der Waals surface area contributed by atoms with Gasteiger partial charge in [0, 0.05) is 32.2 Å². The van der Waals surface area contributed by atoms with Gasteiger partial charge in [-0.25, -0.2) is 13.2 Å². The van der Waals surface area contributed by atoms with Crippen molar-refractivity contribution in [3.8, 4) is 0 Å². The first-order valence-corrected chi connectivity index (χ1v) is 6.22. The summed E-state index contributed by atoms with van der Waals surface area (Å²) >= 11 is 0. The lowest BCUT2D eigenvalue weighted by Crippen LogP contribution is -2.45. The third-order valence-corrected chi connectivity index (χ3v) is 3.37. The van der Waals surface area contributed by atoms with Crippen LogP contribution >= 0.6 is 12.4 Å². The predicted octanol–water partition coefficient (Wildman–Crippen LogP) is 2.88. The van der Waals surface area contributed by atoms with Crippen molar-refractivity contribution in [3.05, 3.63) is 35.1 Å². The van der Waals surface area contributed by atoms with Gasteiger partial charge in [-0.1, -0.05) is 6.92 Å². The fourth-order valence-corrected chi connectivity index (χ4v) is 2.47.